The summed E-state index contributed by atoms with van der Waals surface area (Å²) in [4.78, 5) is 24.3. The number of amides is 2. The van der Waals surface area contributed by atoms with Crippen LogP contribution in [0.5, 0.6) is 5.75 Å². The van der Waals surface area contributed by atoms with Crippen molar-refractivity contribution < 1.29 is 18.7 Å². The van der Waals surface area contributed by atoms with Gasteiger partial charge in [-0.15, -0.1) is 0 Å². The van der Waals surface area contributed by atoms with Crippen LogP contribution < -0.4 is 15.4 Å². The lowest BCUT2D eigenvalue weighted by molar-refractivity contribution is -0.115. The molecule has 2 amide bonds. The molecular weight excluding hydrogens is 344 g/mol. The predicted octanol–water partition coefficient (Wildman–Crippen LogP) is 3.40. The molecule has 0 aliphatic carbocycles. The van der Waals surface area contributed by atoms with Crippen molar-refractivity contribution in [3.8, 4) is 5.75 Å². The second-order valence-corrected chi connectivity index (χ2v) is 5.91. The summed E-state index contributed by atoms with van der Waals surface area (Å²) in [5.41, 5.74) is 2.04. The fourth-order valence-electron chi connectivity index (χ4n) is 2.52. The Hall–Kier alpha value is -3.54. The summed E-state index contributed by atoms with van der Waals surface area (Å²) in [6.45, 7) is 0.326. The van der Waals surface area contributed by atoms with E-state index < -0.39 is 0 Å². The number of rotatable bonds is 7. The quantitative estimate of drug-likeness (QED) is 0.673. The lowest BCUT2D eigenvalue weighted by Crippen LogP contribution is -2.22. The highest BCUT2D eigenvalue weighted by Gasteiger charge is 2.08. The van der Waals surface area contributed by atoms with Crippen molar-refractivity contribution in [3.63, 3.8) is 0 Å². The lowest BCUT2D eigenvalue weighted by atomic mass is 10.1. The normalized spacial score (nSPS) is 10.3. The lowest BCUT2D eigenvalue weighted by Gasteiger charge is -2.08. The van der Waals surface area contributed by atoms with E-state index in [1.54, 1.807) is 49.8 Å². The average molecular weight is 364 g/mol. The number of carbonyl (C=O) groups excluding carboxylic acids is 2. The summed E-state index contributed by atoms with van der Waals surface area (Å²) in [6.07, 6.45) is 1.82. The largest absolute Gasteiger partial charge is 0.497 e. The van der Waals surface area contributed by atoms with E-state index in [0.717, 1.165) is 11.3 Å². The van der Waals surface area contributed by atoms with Gasteiger partial charge in [0, 0.05) is 11.3 Å². The van der Waals surface area contributed by atoms with Crippen molar-refractivity contribution in [1.29, 1.82) is 0 Å². The van der Waals surface area contributed by atoms with Crippen molar-refractivity contribution in [2.24, 2.45) is 0 Å². The van der Waals surface area contributed by atoms with Crippen molar-refractivity contribution in [1.82, 2.24) is 5.32 Å². The minimum Gasteiger partial charge on any atom is -0.497 e. The molecule has 138 valence electrons. The number of nitrogens with one attached hydrogen (secondary N) is 2. The van der Waals surface area contributed by atoms with Crippen molar-refractivity contribution in [3.05, 3.63) is 83.8 Å². The smallest absolute Gasteiger partial charge is 0.251 e. The standard InChI is InChI=1S/C21H20N2O4/c1-26-18-10-4-15(5-11-18)13-20(24)23-17-8-6-16(7-9-17)21(25)22-14-19-3-2-12-27-19/h2-12H,13-14H2,1H3,(H,22,25)(H,23,24). The summed E-state index contributed by atoms with van der Waals surface area (Å²) >= 11 is 0. The van der Waals surface area contributed by atoms with Gasteiger partial charge in [-0.05, 0) is 54.1 Å². The Morgan fingerprint density at radius 1 is 1.00 bits per heavy atom. The van der Waals surface area contributed by atoms with Gasteiger partial charge in [-0.25, -0.2) is 0 Å². The van der Waals surface area contributed by atoms with E-state index >= 15 is 0 Å². The molecule has 6 nitrogen and oxygen atoms in total. The summed E-state index contributed by atoms with van der Waals surface area (Å²) in [5.74, 6) is 1.10. The number of hydrogen-bond acceptors (Lipinski definition) is 4. The average Bonchev–Trinajstić information content (AvgIpc) is 3.21. The van der Waals surface area contributed by atoms with E-state index in [1.165, 1.54) is 0 Å². The summed E-state index contributed by atoms with van der Waals surface area (Å²) < 4.78 is 10.3. The number of carbonyl (C=O) groups is 2. The van der Waals surface area contributed by atoms with Crippen LogP contribution in [-0.4, -0.2) is 18.9 Å². The van der Waals surface area contributed by atoms with Gasteiger partial charge in [0.05, 0.1) is 26.3 Å². The fraction of sp³-hybridized carbons (Fsp3) is 0.143. The molecule has 2 aromatic carbocycles. The maximum Gasteiger partial charge on any atom is 0.251 e. The molecule has 0 spiro atoms. The van der Waals surface area contributed by atoms with Crippen LogP contribution in [0, 0.1) is 0 Å². The first-order chi connectivity index (χ1) is 13.1. The van der Waals surface area contributed by atoms with Crippen LogP contribution in [0.25, 0.3) is 0 Å². The third-order valence-corrected chi connectivity index (χ3v) is 3.96. The first-order valence-corrected chi connectivity index (χ1v) is 8.47. The Morgan fingerprint density at radius 3 is 2.37 bits per heavy atom. The Labute approximate surface area is 157 Å². The zero-order valence-corrected chi connectivity index (χ0v) is 14.9. The van der Waals surface area contributed by atoms with Gasteiger partial charge in [-0.1, -0.05) is 12.1 Å². The molecule has 0 saturated carbocycles. The molecule has 27 heavy (non-hydrogen) atoms. The van der Waals surface area contributed by atoms with E-state index in [2.05, 4.69) is 10.6 Å². The molecule has 3 rings (SSSR count). The maximum atomic E-state index is 12.2. The highest BCUT2D eigenvalue weighted by atomic mass is 16.5. The molecule has 1 heterocycles. The van der Waals surface area contributed by atoms with Gasteiger partial charge in [-0.2, -0.15) is 0 Å². The van der Waals surface area contributed by atoms with Crippen LogP contribution in [0.3, 0.4) is 0 Å². The second kappa shape index (κ2) is 8.71. The molecule has 1 aromatic heterocycles. The van der Waals surface area contributed by atoms with E-state index in [0.29, 0.717) is 23.6 Å². The third kappa shape index (κ3) is 5.22. The molecule has 0 unspecified atom stereocenters. The Kier molecular flexibility index (Phi) is 5.89. The molecule has 6 heteroatoms. The molecular formula is C21H20N2O4. The Morgan fingerprint density at radius 2 is 1.74 bits per heavy atom. The predicted molar refractivity (Wildman–Crippen MR) is 102 cm³/mol. The Balaban J connectivity index is 1.51. The minimum absolute atomic E-state index is 0.129. The van der Waals surface area contributed by atoms with E-state index in [9.17, 15) is 9.59 Å². The molecule has 2 N–H and O–H groups in total. The SMILES string of the molecule is COc1ccc(CC(=O)Nc2ccc(C(=O)NCc3ccco3)cc2)cc1. The molecule has 0 bridgehead atoms. The molecule has 0 radical (unpaired) electrons. The highest BCUT2D eigenvalue weighted by Crippen LogP contribution is 2.14. The van der Waals surface area contributed by atoms with Crippen LogP contribution in [0.15, 0.2) is 71.3 Å². The van der Waals surface area contributed by atoms with Gasteiger partial charge in [0.25, 0.3) is 5.91 Å². The fourth-order valence-corrected chi connectivity index (χ4v) is 2.52. The first kappa shape index (κ1) is 18.3. The van der Waals surface area contributed by atoms with Crippen LogP contribution in [0.4, 0.5) is 5.69 Å². The van der Waals surface area contributed by atoms with Crippen LogP contribution in [0.1, 0.15) is 21.7 Å². The van der Waals surface area contributed by atoms with Crippen LogP contribution in [0.2, 0.25) is 0 Å². The van der Waals surface area contributed by atoms with E-state index in [4.69, 9.17) is 9.15 Å². The molecule has 0 atom stereocenters. The molecule has 0 saturated heterocycles. The number of anilines is 1. The van der Waals surface area contributed by atoms with Gasteiger partial charge in [0.1, 0.15) is 11.5 Å². The van der Waals surface area contributed by atoms with Crippen molar-refractivity contribution >= 4 is 17.5 Å². The van der Waals surface area contributed by atoms with Gasteiger partial charge >= 0.3 is 0 Å². The second-order valence-electron chi connectivity index (χ2n) is 5.91. The van der Waals surface area contributed by atoms with E-state index in [1.807, 2.05) is 24.3 Å². The van der Waals surface area contributed by atoms with Gasteiger partial charge in [0.2, 0.25) is 5.91 Å². The molecule has 0 aliphatic rings. The Bertz CT molecular complexity index is 885. The maximum absolute atomic E-state index is 12.2. The summed E-state index contributed by atoms with van der Waals surface area (Å²) in [5, 5.41) is 5.60. The van der Waals surface area contributed by atoms with Crippen molar-refractivity contribution in [2.75, 3.05) is 12.4 Å². The van der Waals surface area contributed by atoms with Crippen LogP contribution >= 0.6 is 0 Å². The van der Waals surface area contributed by atoms with E-state index in [-0.39, 0.29) is 18.2 Å². The van der Waals surface area contributed by atoms with Gasteiger partial charge in [0.15, 0.2) is 0 Å². The van der Waals surface area contributed by atoms with Crippen molar-refractivity contribution in [2.45, 2.75) is 13.0 Å². The molecule has 0 aliphatic heterocycles. The number of furan rings is 1. The zero-order chi connectivity index (χ0) is 19.1. The van der Waals surface area contributed by atoms with Gasteiger partial charge < -0.3 is 19.8 Å². The molecule has 3 aromatic rings. The third-order valence-electron chi connectivity index (χ3n) is 3.96. The summed E-state index contributed by atoms with van der Waals surface area (Å²) in [7, 11) is 1.60. The minimum atomic E-state index is -0.206. The first-order valence-electron chi connectivity index (χ1n) is 8.47. The zero-order valence-electron chi connectivity index (χ0n) is 14.9. The number of benzene rings is 2. The number of ether oxygens (including phenoxy) is 1. The number of methoxy groups -OCH3 is 1. The number of hydrogen-bond donors (Lipinski definition) is 2. The topological polar surface area (TPSA) is 80.6 Å². The summed E-state index contributed by atoms with van der Waals surface area (Å²) in [6, 6.07) is 17.6. The monoisotopic (exact) mass is 364 g/mol. The highest BCUT2D eigenvalue weighted by molar-refractivity contribution is 5.96. The van der Waals surface area contributed by atoms with Crippen LogP contribution in [-0.2, 0) is 17.8 Å². The van der Waals surface area contributed by atoms with Gasteiger partial charge in [-0.3, -0.25) is 9.59 Å². The molecule has 0 fully saturated rings.